The van der Waals surface area contributed by atoms with Crippen LogP contribution < -0.4 is 5.32 Å². The number of hydrogen-bond donors (Lipinski definition) is 2. The van der Waals surface area contributed by atoms with Crippen LogP contribution in [0.2, 0.25) is 0 Å². The van der Waals surface area contributed by atoms with Gasteiger partial charge in [0.2, 0.25) is 0 Å². The van der Waals surface area contributed by atoms with Crippen LogP contribution >= 0.6 is 0 Å². The number of nitrogens with one attached hydrogen (secondary N) is 1. The van der Waals surface area contributed by atoms with E-state index >= 15 is 0 Å². The molecular formula is C23H45NO2. The van der Waals surface area contributed by atoms with Crippen molar-refractivity contribution in [1.29, 1.82) is 0 Å². The third-order valence-electron chi connectivity index (χ3n) is 5.37. The Balaban J connectivity index is 1.74. The highest BCUT2D eigenvalue weighted by atomic mass is 16.6. The maximum atomic E-state index is 8.89. The van der Waals surface area contributed by atoms with E-state index in [0.717, 1.165) is 26.0 Å². The first-order chi connectivity index (χ1) is 12.8. The molecule has 0 aromatic rings. The van der Waals surface area contributed by atoms with E-state index in [0.29, 0.717) is 0 Å². The van der Waals surface area contributed by atoms with Crippen LogP contribution in [0.15, 0.2) is 12.2 Å². The van der Waals surface area contributed by atoms with E-state index < -0.39 is 0 Å². The number of ether oxygens (including phenoxy) is 1. The van der Waals surface area contributed by atoms with Gasteiger partial charge in [-0.2, -0.15) is 0 Å². The van der Waals surface area contributed by atoms with Crippen molar-refractivity contribution < 1.29 is 9.84 Å². The van der Waals surface area contributed by atoms with E-state index in [4.69, 9.17) is 9.84 Å². The molecule has 1 fully saturated rings. The standard InChI is InChI=1S/C23H45NO2/c1-2-3-4-5-6-7-8-9-10-11-12-13-14-15-16-17-20-24-23(22-26-23)19-18-21-25/h9-10,24-25H,2-8,11-22H2,1H3/b10-9-. The van der Waals surface area contributed by atoms with E-state index in [2.05, 4.69) is 24.4 Å². The number of allylic oxidation sites excluding steroid dienone is 2. The molecule has 2 N–H and O–H groups in total. The Morgan fingerprint density at radius 3 is 1.88 bits per heavy atom. The summed E-state index contributed by atoms with van der Waals surface area (Å²) in [6.45, 7) is 4.41. The summed E-state index contributed by atoms with van der Waals surface area (Å²) < 4.78 is 5.50. The number of rotatable bonds is 20. The van der Waals surface area contributed by atoms with Gasteiger partial charge in [0.15, 0.2) is 0 Å². The molecule has 1 aliphatic heterocycles. The van der Waals surface area contributed by atoms with E-state index in [1.54, 1.807) is 0 Å². The maximum Gasteiger partial charge on any atom is 0.143 e. The molecule has 1 aliphatic rings. The topological polar surface area (TPSA) is 44.8 Å². The van der Waals surface area contributed by atoms with Crippen LogP contribution in [0, 0.1) is 0 Å². The van der Waals surface area contributed by atoms with Crippen LogP contribution in [0.3, 0.4) is 0 Å². The largest absolute Gasteiger partial charge is 0.396 e. The lowest BCUT2D eigenvalue weighted by Crippen LogP contribution is -2.33. The monoisotopic (exact) mass is 367 g/mol. The molecule has 3 nitrogen and oxygen atoms in total. The molecular weight excluding hydrogens is 322 g/mol. The van der Waals surface area contributed by atoms with Gasteiger partial charge in [0.1, 0.15) is 5.72 Å². The molecule has 1 saturated heterocycles. The molecule has 1 unspecified atom stereocenters. The first-order valence-corrected chi connectivity index (χ1v) is 11.5. The SMILES string of the molecule is CCCCCCCC/C=C\CCCCCCCCNC1(CCCO)CO1. The Labute approximate surface area is 163 Å². The van der Waals surface area contributed by atoms with E-state index in [-0.39, 0.29) is 12.3 Å². The summed E-state index contributed by atoms with van der Waals surface area (Å²) in [5, 5.41) is 12.4. The summed E-state index contributed by atoms with van der Waals surface area (Å²) in [6, 6.07) is 0. The number of hydrogen-bond acceptors (Lipinski definition) is 3. The minimum absolute atomic E-state index is 0.0788. The lowest BCUT2D eigenvalue weighted by Gasteiger charge is -2.13. The van der Waals surface area contributed by atoms with E-state index in [1.165, 1.54) is 89.9 Å². The maximum absolute atomic E-state index is 8.89. The first-order valence-electron chi connectivity index (χ1n) is 11.5. The zero-order valence-corrected chi connectivity index (χ0v) is 17.4. The minimum atomic E-state index is -0.0788. The second-order valence-electron chi connectivity index (χ2n) is 7.97. The van der Waals surface area contributed by atoms with Gasteiger partial charge in [0.05, 0.1) is 6.61 Å². The Kier molecular flexibility index (Phi) is 15.3. The van der Waals surface area contributed by atoms with E-state index in [9.17, 15) is 0 Å². The summed E-state index contributed by atoms with van der Waals surface area (Å²) in [6.07, 6.45) is 25.5. The van der Waals surface area contributed by atoms with Crippen LogP contribution in [-0.2, 0) is 4.74 Å². The molecule has 0 bridgehead atoms. The van der Waals surface area contributed by atoms with E-state index in [1.807, 2.05) is 0 Å². The third kappa shape index (κ3) is 13.8. The quantitative estimate of drug-likeness (QED) is 0.155. The van der Waals surface area contributed by atoms with Crippen LogP contribution in [0.5, 0.6) is 0 Å². The molecule has 26 heavy (non-hydrogen) atoms. The van der Waals surface area contributed by atoms with Crippen LogP contribution in [-0.4, -0.2) is 30.6 Å². The molecule has 0 aliphatic carbocycles. The van der Waals surface area contributed by atoms with Gasteiger partial charge in [-0.25, -0.2) is 0 Å². The smallest absolute Gasteiger partial charge is 0.143 e. The normalized spacial score (nSPS) is 19.5. The minimum Gasteiger partial charge on any atom is -0.396 e. The Hall–Kier alpha value is -0.380. The van der Waals surface area contributed by atoms with Crippen molar-refractivity contribution in [3.05, 3.63) is 12.2 Å². The van der Waals surface area contributed by atoms with Gasteiger partial charge < -0.3 is 9.84 Å². The lowest BCUT2D eigenvalue weighted by molar-refractivity contribution is 0.209. The van der Waals surface area contributed by atoms with Crippen LogP contribution in [0.25, 0.3) is 0 Å². The van der Waals surface area contributed by atoms with Gasteiger partial charge in [-0.3, -0.25) is 5.32 Å². The fourth-order valence-corrected chi connectivity index (χ4v) is 3.48. The van der Waals surface area contributed by atoms with Crippen LogP contribution in [0.4, 0.5) is 0 Å². The van der Waals surface area contributed by atoms with Crippen molar-refractivity contribution in [1.82, 2.24) is 5.32 Å². The number of unbranched alkanes of at least 4 members (excludes halogenated alkanes) is 12. The van der Waals surface area contributed by atoms with Gasteiger partial charge in [-0.1, -0.05) is 76.9 Å². The summed E-state index contributed by atoms with van der Waals surface area (Å²) in [5.41, 5.74) is -0.0788. The summed E-state index contributed by atoms with van der Waals surface area (Å²) >= 11 is 0. The Morgan fingerprint density at radius 1 is 0.808 bits per heavy atom. The highest BCUT2D eigenvalue weighted by Crippen LogP contribution is 2.28. The molecule has 3 heteroatoms. The summed E-state index contributed by atoms with van der Waals surface area (Å²) in [7, 11) is 0. The predicted molar refractivity (Wildman–Crippen MR) is 112 cm³/mol. The predicted octanol–water partition coefficient (Wildman–Crippen LogP) is 6.11. The Bertz CT molecular complexity index is 326. The van der Waals surface area contributed by atoms with Crippen molar-refractivity contribution in [2.75, 3.05) is 19.8 Å². The van der Waals surface area contributed by atoms with Crippen molar-refractivity contribution >= 4 is 0 Å². The highest BCUT2D eigenvalue weighted by Gasteiger charge is 2.43. The zero-order chi connectivity index (χ0) is 18.8. The zero-order valence-electron chi connectivity index (χ0n) is 17.4. The van der Waals surface area contributed by atoms with Gasteiger partial charge in [-0.05, 0) is 51.5 Å². The number of epoxide rings is 1. The molecule has 1 heterocycles. The second-order valence-corrected chi connectivity index (χ2v) is 7.97. The summed E-state index contributed by atoms with van der Waals surface area (Å²) in [5.74, 6) is 0. The molecule has 154 valence electrons. The van der Waals surface area contributed by atoms with Crippen molar-refractivity contribution in [2.24, 2.45) is 0 Å². The molecule has 1 atom stereocenters. The molecule has 0 radical (unpaired) electrons. The molecule has 0 aromatic heterocycles. The highest BCUT2D eigenvalue weighted by molar-refractivity contribution is 4.88. The molecule has 0 aromatic carbocycles. The first kappa shape index (κ1) is 23.7. The van der Waals surface area contributed by atoms with Gasteiger partial charge in [0, 0.05) is 6.61 Å². The van der Waals surface area contributed by atoms with Crippen molar-refractivity contribution in [3.8, 4) is 0 Å². The second kappa shape index (κ2) is 16.8. The summed E-state index contributed by atoms with van der Waals surface area (Å²) in [4.78, 5) is 0. The molecule has 1 rings (SSSR count). The van der Waals surface area contributed by atoms with Gasteiger partial charge in [-0.15, -0.1) is 0 Å². The molecule has 0 amide bonds. The fraction of sp³-hybridized carbons (Fsp3) is 0.913. The van der Waals surface area contributed by atoms with Crippen molar-refractivity contribution in [2.45, 2.75) is 115 Å². The number of aliphatic hydroxyl groups excluding tert-OH is 1. The average Bonchev–Trinajstić information content (AvgIpc) is 3.43. The van der Waals surface area contributed by atoms with Crippen molar-refractivity contribution in [3.63, 3.8) is 0 Å². The molecule has 0 spiro atoms. The Morgan fingerprint density at radius 2 is 1.35 bits per heavy atom. The third-order valence-corrected chi connectivity index (χ3v) is 5.37. The number of aliphatic hydroxyl groups is 1. The van der Waals surface area contributed by atoms with Gasteiger partial charge >= 0.3 is 0 Å². The van der Waals surface area contributed by atoms with Crippen LogP contribution in [0.1, 0.15) is 110 Å². The van der Waals surface area contributed by atoms with Gasteiger partial charge in [0.25, 0.3) is 0 Å². The lowest BCUT2D eigenvalue weighted by atomic mass is 10.1. The molecule has 0 saturated carbocycles. The fourth-order valence-electron chi connectivity index (χ4n) is 3.48. The average molecular weight is 368 g/mol.